The molecule has 0 spiro atoms. The zero-order chi connectivity index (χ0) is 11.3. The molecule has 0 radical (unpaired) electrons. The van der Waals surface area contributed by atoms with E-state index in [1.807, 2.05) is 0 Å². The van der Waals surface area contributed by atoms with Crippen LogP contribution >= 0.6 is 15.9 Å². The zero-order valence-corrected chi connectivity index (χ0v) is 10.1. The molecule has 0 saturated heterocycles. The number of rotatable bonds is 4. The summed E-state index contributed by atoms with van der Waals surface area (Å²) < 4.78 is 13.0. The SMILES string of the molecule is Cc1cc(F)cc(C(=O)NCCCBr)c1. The Kier molecular flexibility index (Phi) is 4.75. The first-order valence-electron chi connectivity index (χ1n) is 4.75. The average molecular weight is 274 g/mol. The molecule has 0 aliphatic heterocycles. The fourth-order valence-electron chi connectivity index (χ4n) is 1.24. The van der Waals surface area contributed by atoms with Crippen molar-refractivity contribution in [1.29, 1.82) is 0 Å². The molecule has 4 heteroatoms. The molecule has 15 heavy (non-hydrogen) atoms. The van der Waals surface area contributed by atoms with Crippen molar-refractivity contribution >= 4 is 21.8 Å². The third-order valence-electron chi connectivity index (χ3n) is 1.90. The second-order valence-corrected chi connectivity index (χ2v) is 4.11. The molecule has 1 N–H and O–H groups in total. The van der Waals surface area contributed by atoms with Crippen molar-refractivity contribution in [1.82, 2.24) is 5.32 Å². The van der Waals surface area contributed by atoms with Crippen LogP contribution in [0, 0.1) is 12.7 Å². The maximum Gasteiger partial charge on any atom is 0.251 e. The first-order valence-corrected chi connectivity index (χ1v) is 5.87. The molecule has 82 valence electrons. The van der Waals surface area contributed by atoms with E-state index < -0.39 is 0 Å². The molecule has 0 bridgehead atoms. The summed E-state index contributed by atoms with van der Waals surface area (Å²) in [6.45, 7) is 2.36. The van der Waals surface area contributed by atoms with Gasteiger partial charge in [0.1, 0.15) is 5.82 Å². The predicted molar refractivity (Wildman–Crippen MR) is 61.9 cm³/mol. The lowest BCUT2D eigenvalue weighted by atomic mass is 10.1. The number of amides is 1. The van der Waals surface area contributed by atoms with Crippen LogP contribution in [0.1, 0.15) is 22.3 Å². The van der Waals surface area contributed by atoms with Crippen molar-refractivity contribution < 1.29 is 9.18 Å². The second-order valence-electron chi connectivity index (χ2n) is 3.32. The van der Waals surface area contributed by atoms with E-state index in [9.17, 15) is 9.18 Å². The van der Waals surface area contributed by atoms with Crippen LogP contribution in [0.4, 0.5) is 4.39 Å². The molecule has 0 fully saturated rings. The van der Waals surface area contributed by atoms with E-state index in [1.165, 1.54) is 12.1 Å². The molecule has 0 aliphatic carbocycles. The fourth-order valence-corrected chi connectivity index (χ4v) is 1.52. The quantitative estimate of drug-likeness (QED) is 0.663. The van der Waals surface area contributed by atoms with Crippen molar-refractivity contribution in [3.8, 4) is 0 Å². The fraction of sp³-hybridized carbons (Fsp3) is 0.364. The Morgan fingerprint density at radius 3 is 2.80 bits per heavy atom. The van der Waals surface area contributed by atoms with Gasteiger partial charge in [-0.15, -0.1) is 0 Å². The Balaban J connectivity index is 2.65. The second kappa shape index (κ2) is 5.85. The van der Waals surface area contributed by atoms with Gasteiger partial charge in [-0.3, -0.25) is 4.79 Å². The van der Waals surface area contributed by atoms with Crippen molar-refractivity contribution in [2.75, 3.05) is 11.9 Å². The number of hydrogen-bond acceptors (Lipinski definition) is 1. The standard InChI is InChI=1S/C11H13BrFNO/c1-8-5-9(7-10(13)6-8)11(15)14-4-2-3-12/h5-7H,2-4H2,1H3,(H,14,15). The molecule has 1 aromatic rings. The number of halogens is 2. The highest BCUT2D eigenvalue weighted by Crippen LogP contribution is 2.08. The van der Waals surface area contributed by atoms with Crippen molar-refractivity contribution in [2.24, 2.45) is 0 Å². The van der Waals surface area contributed by atoms with E-state index in [1.54, 1.807) is 13.0 Å². The van der Waals surface area contributed by atoms with E-state index >= 15 is 0 Å². The van der Waals surface area contributed by atoms with Crippen LogP contribution in [-0.4, -0.2) is 17.8 Å². The van der Waals surface area contributed by atoms with Crippen LogP contribution in [-0.2, 0) is 0 Å². The summed E-state index contributed by atoms with van der Waals surface area (Å²) in [7, 11) is 0. The van der Waals surface area contributed by atoms with Crippen molar-refractivity contribution in [3.63, 3.8) is 0 Å². The Hall–Kier alpha value is -0.900. The molecular formula is C11H13BrFNO. The van der Waals surface area contributed by atoms with Crippen LogP contribution in [0.5, 0.6) is 0 Å². The number of alkyl halides is 1. The molecule has 1 amide bonds. The van der Waals surface area contributed by atoms with Gasteiger partial charge in [0.2, 0.25) is 0 Å². The van der Waals surface area contributed by atoms with Gasteiger partial charge in [-0.2, -0.15) is 0 Å². The molecular weight excluding hydrogens is 261 g/mol. The summed E-state index contributed by atoms with van der Waals surface area (Å²) >= 11 is 3.27. The van der Waals surface area contributed by atoms with Gasteiger partial charge in [0.05, 0.1) is 0 Å². The topological polar surface area (TPSA) is 29.1 Å². The van der Waals surface area contributed by atoms with Gasteiger partial charge in [0.25, 0.3) is 5.91 Å². The lowest BCUT2D eigenvalue weighted by Gasteiger charge is -2.05. The van der Waals surface area contributed by atoms with Gasteiger partial charge in [-0.05, 0) is 37.1 Å². The zero-order valence-electron chi connectivity index (χ0n) is 8.52. The number of hydrogen-bond donors (Lipinski definition) is 1. The van der Waals surface area contributed by atoms with Crippen LogP contribution in [0.15, 0.2) is 18.2 Å². The molecule has 0 atom stereocenters. The molecule has 1 rings (SSSR count). The Morgan fingerprint density at radius 1 is 1.47 bits per heavy atom. The lowest BCUT2D eigenvalue weighted by Crippen LogP contribution is -2.24. The molecule has 0 unspecified atom stereocenters. The van der Waals surface area contributed by atoms with Gasteiger partial charge in [-0.25, -0.2) is 4.39 Å². The molecule has 0 aliphatic rings. The van der Waals surface area contributed by atoms with E-state index in [-0.39, 0.29) is 11.7 Å². The van der Waals surface area contributed by atoms with Gasteiger partial charge < -0.3 is 5.32 Å². The first kappa shape index (κ1) is 12.2. The summed E-state index contributed by atoms with van der Waals surface area (Å²) in [5.41, 5.74) is 1.13. The Morgan fingerprint density at radius 2 is 2.20 bits per heavy atom. The van der Waals surface area contributed by atoms with Crippen LogP contribution in [0.3, 0.4) is 0 Å². The molecule has 1 aromatic carbocycles. The highest BCUT2D eigenvalue weighted by atomic mass is 79.9. The minimum atomic E-state index is -0.374. The third kappa shape index (κ3) is 4.00. The maximum absolute atomic E-state index is 13.0. The number of benzene rings is 1. The Labute approximate surface area is 97.0 Å². The van der Waals surface area contributed by atoms with Gasteiger partial charge in [0, 0.05) is 17.4 Å². The average Bonchev–Trinajstić information content (AvgIpc) is 2.16. The first-order chi connectivity index (χ1) is 7.13. The smallest absolute Gasteiger partial charge is 0.251 e. The summed E-state index contributed by atoms with van der Waals surface area (Å²) in [4.78, 5) is 11.5. The van der Waals surface area contributed by atoms with E-state index in [4.69, 9.17) is 0 Å². The van der Waals surface area contributed by atoms with E-state index in [0.717, 1.165) is 17.3 Å². The molecule has 0 aromatic heterocycles. The van der Waals surface area contributed by atoms with Crippen LogP contribution < -0.4 is 5.32 Å². The van der Waals surface area contributed by atoms with Crippen molar-refractivity contribution in [2.45, 2.75) is 13.3 Å². The van der Waals surface area contributed by atoms with E-state index in [2.05, 4.69) is 21.2 Å². The predicted octanol–water partition coefficient (Wildman–Crippen LogP) is 2.65. The molecule has 0 saturated carbocycles. The van der Waals surface area contributed by atoms with Gasteiger partial charge in [0.15, 0.2) is 0 Å². The number of aryl methyl sites for hydroxylation is 1. The van der Waals surface area contributed by atoms with Crippen LogP contribution in [0.2, 0.25) is 0 Å². The number of carbonyl (C=O) groups is 1. The number of carbonyl (C=O) groups excluding carboxylic acids is 1. The summed E-state index contributed by atoms with van der Waals surface area (Å²) in [6, 6.07) is 4.32. The monoisotopic (exact) mass is 273 g/mol. The summed E-state index contributed by atoms with van der Waals surface area (Å²) in [5, 5.41) is 3.56. The normalized spacial score (nSPS) is 10.1. The number of nitrogens with one attached hydrogen (secondary N) is 1. The highest BCUT2D eigenvalue weighted by molar-refractivity contribution is 9.09. The van der Waals surface area contributed by atoms with Gasteiger partial charge >= 0.3 is 0 Å². The maximum atomic E-state index is 13.0. The molecule has 0 heterocycles. The lowest BCUT2D eigenvalue weighted by molar-refractivity contribution is 0.0953. The van der Waals surface area contributed by atoms with Gasteiger partial charge in [-0.1, -0.05) is 15.9 Å². The molecule has 2 nitrogen and oxygen atoms in total. The van der Waals surface area contributed by atoms with Crippen molar-refractivity contribution in [3.05, 3.63) is 35.1 Å². The Bertz CT molecular complexity index is 334. The summed E-state index contributed by atoms with van der Waals surface area (Å²) in [6.07, 6.45) is 0.861. The minimum Gasteiger partial charge on any atom is -0.352 e. The van der Waals surface area contributed by atoms with Crippen LogP contribution in [0.25, 0.3) is 0 Å². The minimum absolute atomic E-state index is 0.224. The summed E-state index contributed by atoms with van der Waals surface area (Å²) in [5.74, 6) is -0.598. The largest absolute Gasteiger partial charge is 0.352 e. The third-order valence-corrected chi connectivity index (χ3v) is 2.46. The van der Waals surface area contributed by atoms with E-state index in [0.29, 0.717) is 12.1 Å². The highest BCUT2D eigenvalue weighted by Gasteiger charge is 2.06.